The Kier molecular flexibility index (Phi) is 6.64. The third-order valence-electron chi connectivity index (χ3n) is 5.79. The van der Waals surface area contributed by atoms with Crippen LogP contribution in [0.3, 0.4) is 0 Å². The molecule has 4 rings (SSSR count). The summed E-state index contributed by atoms with van der Waals surface area (Å²) in [7, 11) is 4.67. The number of hydrogen-bond acceptors (Lipinski definition) is 6. The summed E-state index contributed by atoms with van der Waals surface area (Å²) in [5.41, 5.74) is 4.79. The summed E-state index contributed by atoms with van der Waals surface area (Å²) in [4.78, 5) is 12.1. The van der Waals surface area contributed by atoms with Gasteiger partial charge in [0.2, 0.25) is 0 Å². The summed E-state index contributed by atoms with van der Waals surface area (Å²) in [6.07, 6.45) is 0. The molecule has 1 aromatic heterocycles. The second-order valence-electron chi connectivity index (χ2n) is 7.92. The van der Waals surface area contributed by atoms with Crippen LogP contribution < -0.4 is 19.5 Å². The van der Waals surface area contributed by atoms with E-state index in [2.05, 4.69) is 5.32 Å². The zero-order chi connectivity index (χ0) is 25.1. The molecule has 8 nitrogen and oxygen atoms in total. The lowest BCUT2D eigenvalue weighted by molar-refractivity contribution is 0.0697. The number of para-hydroxylation sites is 1. The monoisotopic (exact) mass is 473 g/mol. The van der Waals surface area contributed by atoms with Gasteiger partial charge in [0.05, 0.1) is 44.0 Å². The average Bonchev–Trinajstić information content (AvgIpc) is 3.19. The number of carbonyl (C=O) groups is 1. The van der Waals surface area contributed by atoms with Gasteiger partial charge in [-0.2, -0.15) is 5.10 Å². The Hall–Kier alpha value is -4.46. The van der Waals surface area contributed by atoms with Crippen LogP contribution >= 0.6 is 0 Å². The number of hydrogen-bond donors (Lipinski definition) is 2. The van der Waals surface area contributed by atoms with Crippen LogP contribution in [0, 0.1) is 13.8 Å². The fourth-order valence-corrected chi connectivity index (χ4v) is 4.02. The molecule has 4 aromatic rings. The van der Waals surface area contributed by atoms with E-state index in [1.54, 1.807) is 31.0 Å². The van der Waals surface area contributed by atoms with Crippen molar-refractivity contribution in [3.8, 4) is 34.1 Å². The molecule has 0 aliphatic rings. The van der Waals surface area contributed by atoms with Gasteiger partial charge in [-0.3, -0.25) is 0 Å². The van der Waals surface area contributed by atoms with Gasteiger partial charge in [0.25, 0.3) is 0 Å². The van der Waals surface area contributed by atoms with Gasteiger partial charge in [-0.25, -0.2) is 9.48 Å². The Labute approximate surface area is 203 Å². The Balaban J connectivity index is 1.96. The molecule has 0 amide bonds. The maximum absolute atomic E-state index is 12.1. The highest BCUT2D eigenvalue weighted by molar-refractivity contribution is 5.96. The number of aromatic carboxylic acids is 1. The molecule has 35 heavy (non-hydrogen) atoms. The first-order valence-electron chi connectivity index (χ1n) is 10.9. The van der Waals surface area contributed by atoms with Crippen LogP contribution in [0.1, 0.15) is 21.6 Å². The van der Waals surface area contributed by atoms with Gasteiger partial charge in [0, 0.05) is 5.56 Å². The van der Waals surface area contributed by atoms with Crippen LogP contribution in [-0.4, -0.2) is 42.2 Å². The smallest absolute Gasteiger partial charge is 0.337 e. The van der Waals surface area contributed by atoms with Gasteiger partial charge >= 0.3 is 5.97 Å². The molecule has 0 spiro atoms. The number of nitrogens with zero attached hydrogens (tertiary/aromatic N) is 2. The first-order valence-corrected chi connectivity index (χ1v) is 10.9. The van der Waals surface area contributed by atoms with E-state index in [-0.39, 0.29) is 5.56 Å². The van der Waals surface area contributed by atoms with E-state index in [0.717, 1.165) is 28.1 Å². The van der Waals surface area contributed by atoms with Crippen LogP contribution in [0.4, 0.5) is 11.5 Å². The predicted molar refractivity (Wildman–Crippen MR) is 135 cm³/mol. The summed E-state index contributed by atoms with van der Waals surface area (Å²) < 4.78 is 17.9. The second-order valence-corrected chi connectivity index (χ2v) is 7.92. The number of methoxy groups -OCH3 is 3. The fourth-order valence-electron chi connectivity index (χ4n) is 4.02. The van der Waals surface area contributed by atoms with Crippen molar-refractivity contribution < 1.29 is 24.1 Å². The molecule has 0 radical (unpaired) electrons. The van der Waals surface area contributed by atoms with Gasteiger partial charge in [-0.05, 0) is 61.4 Å². The number of carboxylic acids is 1. The van der Waals surface area contributed by atoms with Crippen molar-refractivity contribution in [1.29, 1.82) is 0 Å². The molecule has 0 unspecified atom stereocenters. The number of nitrogens with one attached hydrogen (secondary N) is 1. The number of benzene rings is 3. The summed E-state index contributed by atoms with van der Waals surface area (Å²) in [6.45, 7) is 3.92. The first kappa shape index (κ1) is 23.7. The minimum absolute atomic E-state index is 0.0813. The lowest BCUT2D eigenvalue weighted by Crippen LogP contribution is -2.08. The highest BCUT2D eigenvalue weighted by atomic mass is 16.5. The van der Waals surface area contributed by atoms with Crippen LogP contribution in [-0.2, 0) is 0 Å². The third-order valence-corrected chi connectivity index (χ3v) is 5.79. The lowest BCUT2D eigenvalue weighted by Gasteiger charge is -2.16. The number of ether oxygens (including phenoxy) is 3. The lowest BCUT2D eigenvalue weighted by atomic mass is 10.0. The molecule has 1 heterocycles. The summed E-state index contributed by atoms with van der Waals surface area (Å²) in [5.74, 6) is 1.19. The molecule has 8 heteroatoms. The molecule has 0 bridgehead atoms. The number of anilines is 2. The van der Waals surface area contributed by atoms with Crippen molar-refractivity contribution in [2.24, 2.45) is 0 Å². The number of aromatic nitrogens is 2. The Bertz CT molecular complexity index is 1390. The molecule has 180 valence electrons. The van der Waals surface area contributed by atoms with Gasteiger partial charge in [0.1, 0.15) is 11.6 Å². The summed E-state index contributed by atoms with van der Waals surface area (Å²) >= 11 is 0. The number of rotatable bonds is 8. The van der Waals surface area contributed by atoms with E-state index < -0.39 is 5.97 Å². The Morgan fingerprint density at radius 3 is 2.31 bits per heavy atom. The predicted octanol–water partition coefficient (Wildman–Crippen LogP) is 5.62. The zero-order valence-corrected chi connectivity index (χ0v) is 20.2. The molecule has 0 saturated carbocycles. The van der Waals surface area contributed by atoms with E-state index in [4.69, 9.17) is 19.3 Å². The number of aryl methyl sites for hydroxylation is 2. The van der Waals surface area contributed by atoms with Gasteiger partial charge in [-0.1, -0.05) is 24.3 Å². The molecule has 0 atom stereocenters. The van der Waals surface area contributed by atoms with Crippen molar-refractivity contribution >= 4 is 17.5 Å². The summed E-state index contributed by atoms with van der Waals surface area (Å²) in [5, 5.41) is 18.0. The largest absolute Gasteiger partial charge is 0.497 e. The van der Waals surface area contributed by atoms with Crippen LogP contribution in [0.5, 0.6) is 17.2 Å². The van der Waals surface area contributed by atoms with Crippen molar-refractivity contribution in [3.05, 3.63) is 77.5 Å². The second kappa shape index (κ2) is 9.80. The molecular formula is C27H27N3O5. The SMILES string of the molecule is COc1ccc(Nc2c(-c3ccc(OC)c(OC)c3)c(C)nn2-c2ccccc2C)c(C(=O)O)c1. The maximum atomic E-state index is 12.1. The molecule has 2 N–H and O–H groups in total. The van der Waals surface area contributed by atoms with Gasteiger partial charge < -0.3 is 24.6 Å². The van der Waals surface area contributed by atoms with E-state index >= 15 is 0 Å². The van der Waals surface area contributed by atoms with Gasteiger partial charge in [0.15, 0.2) is 11.5 Å². The standard InChI is InChI=1S/C27H27N3O5/c1-16-8-6-7-9-22(16)30-26(28-21-12-11-19(33-3)15-20(21)27(31)32)25(17(2)29-30)18-10-13-23(34-4)24(14-18)35-5/h6-15,28H,1-5H3,(H,31,32). The molecule has 0 aliphatic carbocycles. The highest BCUT2D eigenvalue weighted by Crippen LogP contribution is 2.40. The van der Waals surface area contributed by atoms with Gasteiger partial charge in [-0.15, -0.1) is 0 Å². The van der Waals surface area contributed by atoms with Crippen molar-refractivity contribution in [1.82, 2.24) is 9.78 Å². The minimum Gasteiger partial charge on any atom is -0.497 e. The van der Waals surface area contributed by atoms with E-state index in [1.165, 1.54) is 13.2 Å². The molecular weight excluding hydrogens is 446 g/mol. The third kappa shape index (κ3) is 4.50. The molecule has 0 saturated heterocycles. The quantitative estimate of drug-likeness (QED) is 0.343. The minimum atomic E-state index is -1.07. The summed E-state index contributed by atoms with van der Waals surface area (Å²) in [6, 6.07) is 18.4. The normalized spacial score (nSPS) is 10.7. The Morgan fingerprint density at radius 1 is 0.914 bits per heavy atom. The molecule has 0 fully saturated rings. The zero-order valence-electron chi connectivity index (χ0n) is 20.2. The van der Waals surface area contributed by atoms with Crippen molar-refractivity contribution in [2.45, 2.75) is 13.8 Å². The highest BCUT2D eigenvalue weighted by Gasteiger charge is 2.22. The van der Waals surface area contributed by atoms with Crippen LogP contribution in [0.15, 0.2) is 60.7 Å². The van der Waals surface area contributed by atoms with Crippen molar-refractivity contribution in [3.63, 3.8) is 0 Å². The van der Waals surface area contributed by atoms with E-state index in [0.29, 0.717) is 28.8 Å². The van der Waals surface area contributed by atoms with E-state index in [1.807, 2.05) is 56.3 Å². The van der Waals surface area contributed by atoms with E-state index in [9.17, 15) is 9.90 Å². The number of carboxylic acid groups (broad SMARTS) is 1. The molecule has 0 aliphatic heterocycles. The topological polar surface area (TPSA) is 94.8 Å². The maximum Gasteiger partial charge on any atom is 0.337 e. The first-order chi connectivity index (χ1) is 16.9. The van der Waals surface area contributed by atoms with Crippen LogP contribution in [0.2, 0.25) is 0 Å². The average molecular weight is 474 g/mol. The molecule has 3 aromatic carbocycles. The van der Waals surface area contributed by atoms with Crippen molar-refractivity contribution in [2.75, 3.05) is 26.6 Å². The fraction of sp³-hybridized carbons (Fsp3) is 0.185. The van der Waals surface area contributed by atoms with Crippen LogP contribution in [0.25, 0.3) is 16.8 Å². The Morgan fingerprint density at radius 2 is 1.66 bits per heavy atom.